The van der Waals surface area contributed by atoms with Crippen LogP contribution in [0.15, 0.2) is 40.8 Å². The van der Waals surface area contributed by atoms with E-state index in [4.69, 9.17) is 9.15 Å². The Balaban J connectivity index is 1.46. The first kappa shape index (κ1) is 17.8. The maximum atomic E-state index is 12.7. The van der Waals surface area contributed by atoms with E-state index in [0.717, 1.165) is 11.0 Å². The first-order valence-corrected chi connectivity index (χ1v) is 8.62. The maximum absolute atomic E-state index is 12.7. The molecular formula is C19H16F3NO4. The topological polar surface area (TPSA) is 59.8 Å². The number of nitrogens with zero attached hydrogens (tertiary/aromatic N) is 1. The minimum Gasteiger partial charge on any atom is -0.454 e. The van der Waals surface area contributed by atoms with Crippen LogP contribution >= 0.6 is 0 Å². The zero-order valence-corrected chi connectivity index (χ0v) is 14.2. The van der Waals surface area contributed by atoms with E-state index in [9.17, 15) is 22.8 Å². The van der Waals surface area contributed by atoms with E-state index in [1.807, 2.05) is 0 Å². The van der Waals surface area contributed by atoms with Gasteiger partial charge in [0.25, 0.3) is 11.8 Å². The summed E-state index contributed by atoms with van der Waals surface area (Å²) in [5.41, 5.74) is 0.714. The monoisotopic (exact) mass is 379 g/mol. The van der Waals surface area contributed by atoms with Crippen LogP contribution in [0.3, 0.4) is 0 Å². The molecule has 142 valence electrons. The van der Waals surface area contributed by atoms with Crippen molar-refractivity contribution in [3.8, 4) is 0 Å². The Hall–Kier alpha value is -2.61. The van der Waals surface area contributed by atoms with Crippen molar-refractivity contribution in [2.24, 2.45) is 0 Å². The molecule has 2 amide bonds. The van der Waals surface area contributed by atoms with Crippen molar-refractivity contribution < 1.29 is 31.9 Å². The highest BCUT2D eigenvalue weighted by Gasteiger charge is 2.39. The van der Waals surface area contributed by atoms with Crippen molar-refractivity contribution in [1.29, 1.82) is 0 Å². The number of imide groups is 1. The van der Waals surface area contributed by atoms with Gasteiger partial charge in [0.2, 0.25) is 5.76 Å². The number of halogens is 3. The number of carbonyl (C=O) groups is 2. The van der Waals surface area contributed by atoms with Gasteiger partial charge in [-0.15, -0.1) is 0 Å². The van der Waals surface area contributed by atoms with Gasteiger partial charge in [-0.05, 0) is 43.5 Å². The molecule has 2 unspecified atom stereocenters. The minimum absolute atomic E-state index is 0.0652. The average molecular weight is 379 g/mol. The Morgan fingerprint density at radius 1 is 1.00 bits per heavy atom. The standard InChI is InChI=1S/C19H16F3NO4/c20-19(21,22)16-9-8-15(27-16)14-7-3-4-11(26-14)10-23-17(24)12-5-1-2-6-13(12)18(23)25/h1-2,5-6,8-9,11,14H,3-4,7,10H2. The molecule has 0 saturated carbocycles. The zero-order chi connectivity index (χ0) is 19.2. The molecule has 2 aliphatic heterocycles. The number of hydrogen-bond donors (Lipinski definition) is 0. The molecule has 2 atom stereocenters. The van der Waals surface area contributed by atoms with Crippen LogP contribution in [0.4, 0.5) is 13.2 Å². The number of furan rings is 1. The maximum Gasteiger partial charge on any atom is 0.449 e. The minimum atomic E-state index is -4.55. The molecule has 1 aromatic carbocycles. The highest BCUT2D eigenvalue weighted by atomic mass is 19.4. The lowest BCUT2D eigenvalue weighted by molar-refractivity contribution is -0.155. The lowest BCUT2D eigenvalue weighted by Gasteiger charge is -2.31. The van der Waals surface area contributed by atoms with Gasteiger partial charge in [-0.3, -0.25) is 14.5 Å². The Morgan fingerprint density at radius 3 is 2.26 bits per heavy atom. The fraction of sp³-hybridized carbons (Fsp3) is 0.368. The summed E-state index contributed by atoms with van der Waals surface area (Å²) in [7, 11) is 0. The van der Waals surface area contributed by atoms with E-state index in [1.54, 1.807) is 24.3 Å². The van der Waals surface area contributed by atoms with Gasteiger partial charge < -0.3 is 9.15 Å². The van der Waals surface area contributed by atoms with Crippen LogP contribution < -0.4 is 0 Å². The van der Waals surface area contributed by atoms with Crippen LogP contribution in [0.2, 0.25) is 0 Å². The first-order chi connectivity index (χ1) is 12.8. The summed E-state index contributed by atoms with van der Waals surface area (Å²) in [6.45, 7) is 0.0652. The second-order valence-corrected chi connectivity index (χ2v) is 6.64. The largest absolute Gasteiger partial charge is 0.454 e. The van der Waals surface area contributed by atoms with E-state index in [2.05, 4.69) is 0 Å². The number of ether oxygens (including phenoxy) is 1. The molecule has 1 aromatic heterocycles. The highest BCUT2D eigenvalue weighted by molar-refractivity contribution is 6.21. The SMILES string of the molecule is O=C1c2ccccc2C(=O)N1CC1CCCC(c2ccc(C(F)(F)F)o2)O1. The van der Waals surface area contributed by atoms with Gasteiger partial charge in [0.1, 0.15) is 11.9 Å². The molecule has 27 heavy (non-hydrogen) atoms. The summed E-state index contributed by atoms with van der Waals surface area (Å²) in [5.74, 6) is -1.71. The lowest BCUT2D eigenvalue weighted by Crippen LogP contribution is -2.39. The summed E-state index contributed by atoms with van der Waals surface area (Å²) in [6.07, 6.45) is -3.81. The molecule has 2 aliphatic rings. The average Bonchev–Trinajstić information content (AvgIpc) is 3.23. The summed E-state index contributed by atoms with van der Waals surface area (Å²) in [5, 5.41) is 0. The molecule has 0 bridgehead atoms. The van der Waals surface area contributed by atoms with Crippen LogP contribution in [-0.2, 0) is 10.9 Å². The van der Waals surface area contributed by atoms with Crippen molar-refractivity contribution in [3.63, 3.8) is 0 Å². The third kappa shape index (κ3) is 3.25. The van der Waals surface area contributed by atoms with Gasteiger partial charge in [-0.1, -0.05) is 12.1 Å². The Morgan fingerprint density at radius 2 is 1.67 bits per heavy atom. The van der Waals surface area contributed by atoms with E-state index >= 15 is 0 Å². The van der Waals surface area contributed by atoms with Crippen molar-refractivity contribution in [1.82, 2.24) is 4.90 Å². The fourth-order valence-electron chi connectivity index (χ4n) is 3.53. The number of alkyl halides is 3. The molecule has 4 rings (SSSR count). The van der Waals surface area contributed by atoms with Gasteiger partial charge >= 0.3 is 6.18 Å². The van der Waals surface area contributed by atoms with Gasteiger partial charge in [-0.25, -0.2) is 0 Å². The van der Waals surface area contributed by atoms with Gasteiger partial charge in [0, 0.05) is 0 Å². The molecule has 2 aromatic rings. The number of fused-ring (bicyclic) bond motifs is 1. The highest BCUT2D eigenvalue weighted by Crippen LogP contribution is 2.37. The Kier molecular flexibility index (Phi) is 4.30. The molecule has 8 heteroatoms. The van der Waals surface area contributed by atoms with Crippen LogP contribution in [0.5, 0.6) is 0 Å². The normalized spacial score (nSPS) is 23.0. The summed E-state index contributed by atoms with van der Waals surface area (Å²) in [6, 6.07) is 8.72. The predicted octanol–water partition coefficient (Wildman–Crippen LogP) is 4.20. The Bertz CT molecular complexity index is 854. The molecule has 0 radical (unpaired) electrons. The third-order valence-corrected chi connectivity index (χ3v) is 4.84. The van der Waals surface area contributed by atoms with E-state index in [-0.39, 0.29) is 24.1 Å². The summed E-state index contributed by atoms with van der Waals surface area (Å²) < 4.78 is 48.9. The van der Waals surface area contributed by atoms with E-state index in [1.165, 1.54) is 6.07 Å². The number of hydrogen-bond acceptors (Lipinski definition) is 4. The van der Waals surface area contributed by atoms with Crippen molar-refractivity contribution >= 4 is 11.8 Å². The molecule has 0 spiro atoms. The molecule has 5 nitrogen and oxygen atoms in total. The smallest absolute Gasteiger partial charge is 0.449 e. The fourth-order valence-corrected chi connectivity index (χ4v) is 3.53. The molecule has 0 aliphatic carbocycles. The van der Waals surface area contributed by atoms with Crippen LogP contribution in [0.25, 0.3) is 0 Å². The van der Waals surface area contributed by atoms with Crippen molar-refractivity contribution in [3.05, 3.63) is 59.0 Å². The van der Waals surface area contributed by atoms with Crippen molar-refractivity contribution in [2.75, 3.05) is 6.54 Å². The number of amides is 2. The number of carbonyl (C=O) groups excluding carboxylic acids is 2. The quantitative estimate of drug-likeness (QED) is 0.750. The molecule has 1 saturated heterocycles. The lowest BCUT2D eigenvalue weighted by atomic mass is 10.0. The molecule has 3 heterocycles. The van der Waals surface area contributed by atoms with Gasteiger partial charge in [0.15, 0.2) is 0 Å². The van der Waals surface area contributed by atoms with Gasteiger partial charge in [0.05, 0.1) is 23.8 Å². The van der Waals surface area contributed by atoms with Crippen molar-refractivity contribution in [2.45, 2.75) is 37.6 Å². The van der Waals surface area contributed by atoms with Crippen LogP contribution in [0.1, 0.15) is 57.6 Å². The molecule has 0 N–H and O–H groups in total. The summed E-state index contributed by atoms with van der Waals surface area (Å²) in [4.78, 5) is 26.0. The van der Waals surface area contributed by atoms with Crippen LogP contribution in [0, 0.1) is 0 Å². The summed E-state index contributed by atoms with van der Waals surface area (Å²) >= 11 is 0. The third-order valence-electron chi connectivity index (χ3n) is 4.84. The first-order valence-electron chi connectivity index (χ1n) is 8.62. The molecular weight excluding hydrogens is 363 g/mol. The number of benzene rings is 1. The Labute approximate surface area is 152 Å². The van der Waals surface area contributed by atoms with E-state index < -0.39 is 24.1 Å². The number of rotatable bonds is 3. The predicted molar refractivity (Wildman–Crippen MR) is 87.0 cm³/mol. The van der Waals surface area contributed by atoms with Crippen LogP contribution in [-0.4, -0.2) is 29.4 Å². The molecule has 1 fully saturated rings. The van der Waals surface area contributed by atoms with Gasteiger partial charge in [-0.2, -0.15) is 13.2 Å². The second-order valence-electron chi connectivity index (χ2n) is 6.64. The second kappa shape index (κ2) is 6.53. The zero-order valence-electron chi connectivity index (χ0n) is 14.2. The van der Waals surface area contributed by atoms with E-state index in [0.29, 0.717) is 30.4 Å².